The number of carbonyl (C=O) groups excluding carboxylic acids is 1. The number of benzene rings is 2. The smallest absolute Gasteiger partial charge is 0.255 e. The first-order valence-electron chi connectivity index (χ1n) is 10.3. The number of hydrogen-bond acceptors (Lipinski definition) is 6. The lowest BCUT2D eigenvalue weighted by Gasteiger charge is -2.35. The molecule has 0 unspecified atom stereocenters. The third-order valence-corrected chi connectivity index (χ3v) is 5.44. The van der Waals surface area contributed by atoms with E-state index in [2.05, 4.69) is 30.1 Å². The third kappa shape index (κ3) is 4.16. The van der Waals surface area contributed by atoms with Crippen LogP contribution in [0.1, 0.15) is 10.4 Å². The average Bonchev–Trinajstić information content (AvgIpc) is 2.85. The summed E-state index contributed by atoms with van der Waals surface area (Å²) in [4.78, 5) is 30.4. The summed E-state index contributed by atoms with van der Waals surface area (Å²) in [6.07, 6.45) is 5.13. The van der Waals surface area contributed by atoms with Crippen molar-refractivity contribution in [2.24, 2.45) is 0 Å². The molecule has 0 aliphatic carbocycles. The molecular formula is C24H22N6O. The summed E-state index contributed by atoms with van der Waals surface area (Å²) in [7, 11) is 0. The van der Waals surface area contributed by atoms with Gasteiger partial charge in [0.2, 0.25) is 5.95 Å². The molecule has 4 aromatic rings. The highest BCUT2D eigenvalue weighted by Crippen LogP contribution is 2.19. The summed E-state index contributed by atoms with van der Waals surface area (Å²) in [6, 6.07) is 19.6. The number of pyridine rings is 1. The van der Waals surface area contributed by atoms with Crippen LogP contribution in [0.3, 0.4) is 0 Å². The van der Waals surface area contributed by atoms with Gasteiger partial charge in [-0.05, 0) is 35.0 Å². The van der Waals surface area contributed by atoms with Crippen molar-refractivity contribution in [1.29, 1.82) is 0 Å². The second kappa shape index (κ2) is 8.39. The summed E-state index contributed by atoms with van der Waals surface area (Å²) in [5.74, 6) is 1.49. The molecule has 1 amide bonds. The maximum atomic E-state index is 12.6. The van der Waals surface area contributed by atoms with Crippen LogP contribution in [-0.4, -0.2) is 47.0 Å². The number of aromatic nitrogens is 3. The Kier molecular flexibility index (Phi) is 5.14. The van der Waals surface area contributed by atoms with Crippen molar-refractivity contribution >= 4 is 34.1 Å². The van der Waals surface area contributed by atoms with E-state index in [1.807, 2.05) is 66.9 Å². The van der Waals surface area contributed by atoms with Gasteiger partial charge in [0.25, 0.3) is 5.91 Å². The lowest BCUT2D eigenvalue weighted by atomic mass is 10.1. The second-order valence-corrected chi connectivity index (χ2v) is 7.45. The van der Waals surface area contributed by atoms with Crippen LogP contribution in [0.2, 0.25) is 0 Å². The topological polar surface area (TPSA) is 74.2 Å². The van der Waals surface area contributed by atoms with Gasteiger partial charge in [0.15, 0.2) is 0 Å². The highest BCUT2D eigenvalue weighted by atomic mass is 16.1. The maximum Gasteiger partial charge on any atom is 0.255 e. The Morgan fingerprint density at radius 3 is 2.23 bits per heavy atom. The van der Waals surface area contributed by atoms with Crippen molar-refractivity contribution in [2.75, 3.05) is 41.3 Å². The lowest BCUT2D eigenvalue weighted by molar-refractivity contribution is 0.102. The third-order valence-electron chi connectivity index (χ3n) is 5.44. The average molecular weight is 410 g/mol. The summed E-state index contributed by atoms with van der Waals surface area (Å²) in [6.45, 7) is 3.36. The minimum absolute atomic E-state index is 0.175. The molecule has 1 aliphatic rings. The molecule has 0 spiro atoms. The number of anilines is 3. The number of nitrogens with zero attached hydrogens (tertiary/aromatic N) is 5. The largest absolute Gasteiger partial charge is 0.353 e. The molecule has 1 N–H and O–H groups in total. The first kappa shape index (κ1) is 19.0. The van der Waals surface area contributed by atoms with Crippen LogP contribution in [-0.2, 0) is 0 Å². The predicted molar refractivity (Wildman–Crippen MR) is 123 cm³/mol. The van der Waals surface area contributed by atoms with Crippen LogP contribution in [0, 0.1) is 0 Å². The minimum Gasteiger partial charge on any atom is -0.353 e. The van der Waals surface area contributed by atoms with Crippen molar-refractivity contribution < 1.29 is 4.79 Å². The Morgan fingerprint density at radius 1 is 0.774 bits per heavy atom. The summed E-state index contributed by atoms with van der Waals surface area (Å²) < 4.78 is 0. The second-order valence-electron chi connectivity index (χ2n) is 7.45. The molecule has 2 aromatic heterocycles. The van der Waals surface area contributed by atoms with E-state index >= 15 is 0 Å². The van der Waals surface area contributed by atoms with E-state index in [4.69, 9.17) is 0 Å². The van der Waals surface area contributed by atoms with Gasteiger partial charge in [-0.2, -0.15) is 0 Å². The maximum absolute atomic E-state index is 12.6. The molecular weight excluding hydrogens is 388 g/mol. The quantitative estimate of drug-likeness (QED) is 0.554. The first-order chi connectivity index (χ1) is 15.3. The van der Waals surface area contributed by atoms with Gasteiger partial charge in [-0.15, -0.1) is 0 Å². The summed E-state index contributed by atoms with van der Waals surface area (Å²) >= 11 is 0. The van der Waals surface area contributed by atoms with E-state index in [0.29, 0.717) is 17.2 Å². The molecule has 0 radical (unpaired) electrons. The molecule has 1 aliphatic heterocycles. The molecule has 1 saturated heterocycles. The van der Waals surface area contributed by atoms with Gasteiger partial charge >= 0.3 is 0 Å². The van der Waals surface area contributed by atoms with Crippen LogP contribution in [0.25, 0.3) is 10.8 Å². The number of carbonyl (C=O) groups is 1. The molecule has 0 bridgehead atoms. The monoisotopic (exact) mass is 410 g/mol. The molecule has 0 saturated carbocycles. The highest BCUT2D eigenvalue weighted by Gasteiger charge is 2.20. The zero-order chi connectivity index (χ0) is 21.0. The Morgan fingerprint density at radius 2 is 1.48 bits per heavy atom. The summed E-state index contributed by atoms with van der Waals surface area (Å²) in [5, 5.41) is 5.02. The fourth-order valence-electron chi connectivity index (χ4n) is 3.76. The standard InChI is InChI=1S/C24H22N6O/c31-23(20-9-8-18-5-1-2-6-19(18)15-20)28-21-16-26-24(27-17-21)30-13-11-29(12-14-30)22-7-3-4-10-25-22/h1-10,15-17H,11-14H2,(H,28,31). The minimum atomic E-state index is -0.175. The molecule has 3 heterocycles. The molecule has 154 valence electrons. The number of fused-ring (bicyclic) bond motifs is 1. The molecule has 7 nitrogen and oxygen atoms in total. The van der Waals surface area contributed by atoms with Crippen LogP contribution < -0.4 is 15.1 Å². The number of rotatable bonds is 4. The molecule has 7 heteroatoms. The number of amides is 1. The van der Waals surface area contributed by atoms with Crippen molar-refractivity contribution in [3.05, 3.63) is 84.8 Å². The van der Waals surface area contributed by atoms with Crippen LogP contribution in [0.4, 0.5) is 17.5 Å². The highest BCUT2D eigenvalue weighted by molar-refractivity contribution is 6.06. The SMILES string of the molecule is O=C(Nc1cnc(N2CCN(c3ccccn3)CC2)nc1)c1ccc2ccccc2c1. The van der Waals surface area contributed by atoms with E-state index in [1.54, 1.807) is 12.4 Å². The molecule has 1 fully saturated rings. The van der Waals surface area contributed by atoms with Gasteiger partial charge in [-0.3, -0.25) is 4.79 Å². The van der Waals surface area contributed by atoms with Crippen molar-refractivity contribution in [1.82, 2.24) is 15.0 Å². The Hall–Kier alpha value is -4.00. The molecule has 0 atom stereocenters. The predicted octanol–water partition coefficient (Wildman–Crippen LogP) is 3.60. The van der Waals surface area contributed by atoms with E-state index < -0.39 is 0 Å². The number of piperazine rings is 1. The Bertz CT molecular complexity index is 1190. The number of nitrogens with one attached hydrogen (secondary N) is 1. The van der Waals surface area contributed by atoms with E-state index in [-0.39, 0.29) is 5.91 Å². The normalized spacial score (nSPS) is 13.9. The Balaban J connectivity index is 1.21. The molecule has 5 rings (SSSR count). The zero-order valence-electron chi connectivity index (χ0n) is 17.0. The van der Waals surface area contributed by atoms with Gasteiger partial charge in [0, 0.05) is 37.9 Å². The van der Waals surface area contributed by atoms with Crippen molar-refractivity contribution in [3.63, 3.8) is 0 Å². The van der Waals surface area contributed by atoms with Gasteiger partial charge < -0.3 is 15.1 Å². The van der Waals surface area contributed by atoms with Crippen molar-refractivity contribution in [2.45, 2.75) is 0 Å². The first-order valence-corrected chi connectivity index (χ1v) is 10.3. The van der Waals surface area contributed by atoms with Crippen LogP contribution in [0.15, 0.2) is 79.3 Å². The van der Waals surface area contributed by atoms with E-state index in [0.717, 1.165) is 42.8 Å². The fraction of sp³-hybridized carbons (Fsp3) is 0.167. The zero-order valence-corrected chi connectivity index (χ0v) is 17.0. The van der Waals surface area contributed by atoms with Crippen LogP contribution >= 0.6 is 0 Å². The van der Waals surface area contributed by atoms with Gasteiger partial charge in [0.05, 0.1) is 18.1 Å². The van der Waals surface area contributed by atoms with Crippen LogP contribution in [0.5, 0.6) is 0 Å². The van der Waals surface area contributed by atoms with Gasteiger partial charge in [0.1, 0.15) is 5.82 Å². The molecule has 31 heavy (non-hydrogen) atoms. The lowest BCUT2D eigenvalue weighted by Crippen LogP contribution is -2.47. The number of hydrogen-bond donors (Lipinski definition) is 1. The van der Waals surface area contributed by atoms with E-state index in [1.165, 1.54) is 0 Å². The fourth-order valence-corrected chi connectivity index (χ4v) is 3.76. The van der Waals surface area contributed by atoms with Crippen molar-refractivity contribution in [3.8, 4) is 0 Å². The Labute approximate surface area is 180 Å². The summed E-state index contributed by atoms with van der Waals surface area (Å²) in [5.41, 5.74) is 1.18. The van der Waals surface area contributed by atoms with Gasteiger partial charge in [-0.1, -0.05) is 36.4 Å². The van der Waals surface area contributed by atoms with Gasteiger partial charge in [-0.25, -0.2) is 15.0 Å². The van der Waals surface area contributed by atoms with E-state index in [9.17, 15) is 4.79 Å². The molecule has 2 aromatic carbocycles.